The van der Waals surface area contributed by atoms with Gasteiger partial charge < -0.3 is 14.2 Å². The number of halogens is 1. The van der Waals surface area contributed by atoms with Crippen LogP contribution in [0.5, 0.6) is 0 Å². The van der Waals surface area contributed by atoms with Crippen LogP contribution in [0, 0.1) is 5.82 Å². The second-order valence-electron chi connectivity index (χ2n) is 10.6. The molecule has 7 nitrogen and oxygen atoms in total. The highest BCUT2D eigenvalue weighted by atomic mass is 19.1. The lowest BCUT2D eigenvalue weighted by atomic mass is 9.89. The lowest BCUT2D eigenvalue weighted by molar-refractivity contribution is -0.0388. The van der Waals surface area contributed by atoms with Crippen LogP contribution in [0.15, 0.2) is 41.2 Å². The highest BCUT2D eigenvalue weighted by molar-refractivity contribution is 5.87. The van der Waals surface area contributed by atoms with Crippen molar-refractivity contribution >= 4 is 16.9 Å². The van der Waals surface area contributed by atoms with Gasteiger partial charge in [-0.2, -0.15) is 5.10 Å². The van der Waals surface area contributed by atoms with Gasteiger partial charge in [0, 0.05) is 50.4 Å². The van der Waals surface area contributed by atoms with Gasteiger partial charge in [0.2, 0.25) is 0 Å². The van der Waals surface area contributed by atoms with Crippen molar-refractivity contribution in [3.63, 3.8) is 0 Å². The van der Waals surface area contributed by atoms with Gasteiger partial charge in [0.25, 0.3) is 5.56 Å². The van der Waals surface area contributed by atoms with E-state index in [1.807, 2.05) is 29.9 Å². The first-order valence-electron chi connectivity index (χ1n) is 12.7. The summed E-state index contributed by atoms with van der Waals surface area (Å²) in [5, 5.41) is 4.94. The number of fused-ring (bicyclic) bond motifs is 1. The minimum atomic E-state index is -0.255. The molecule has 0 amide bonds. The summed E-state index contributed by atoms with van der Waals surface area (Å²) < 4.78 is 23.5. The minimum Gasteiger partial charge on any atom is -0.356 e. The topological polar surface area (TPSA) is 55.5 Å². The minimum absolute atomic E-state index is 0.0420. The first-order valence-corrected chi connectivity index (χ1v) is 12.7. The number of anilines is 1. The third-order valence-electron chi connectivity index (χ3n) is 7.89. The molecule has 0 bridgehead atoms. The molecule has 2 fully saturated rings. The van der Waals surface area contributed by atoms with Crippen LogP contribution in [0.25, 0.3) is 11.0 Å². The van der Waals surface area contributed by atoms with Crippen molar-refractivity contribution in [2.45, 2.75) is 70.8 Å². The smallest absolute Gasteiger partial charge is 0.250 e. The second-order valence-corrected chi connectivity index (χ2v) is 10.6. The number of ether oxygens (including phenoxy) is 1. The van der Waals surface area contributed by atoms with Crippen molar-refractivity contribution in [1.29, 1.82) is 0 Å². The molecule has 0 saturated carbocycles. The quantitative estimate of drug-likeness (QED) is 0.553. The fourth-order valence-corrected chi connectivity index (χ4v) is 5.85. The molecule has 0 aliphatic carbocycles. The summed E-state index contributed by atoms with van der Waals surface area (Å²) in [7, 11) is 1.82. The van der Waals surface area contributed by atoms with Gasteiger partial charge in [0.15, 0.2) is 12.0 Å². The number of piperazine rings is 1. The van der Waals surface area contributed by atoms with Crippen LogP contribution in [0.3, 0.4) is 0 Å². The van der Waals surface area contributed by atoms with E-state index in [4.69, 9.17) is 9.84 Å². The number of hydrogen-bond donors (Lipinski definition) is 0. The van der Waals surface area contributed by atoms with Gasteiger partial charge in [-0.1, -0.05) is 12.1 Å². The first kappa shape index (κ1) is 24.0. The van der Waals surface area contributed by atoms with E-state index in [2.05, 4.69) is 37.5 Å². The van der Waals surface area contributed by atoms with Crippen molar-refractivity contribution in [3.05, 3.63) is 58.1 Å². The molecule has 1 aromatic carbocycles. The van der Waals surface area contributed by atoms with E-state index in [1.165, 1.54) is 12.1 Å². The van der Waals surface area contributed by atoms with E-state index in [1.54, 1.807) is 10.6 Å². The van der Waals surface area contributed by atoms with E-state index in [-0.39, 0.29) is 35.2 Å². The molecule has 188 valence electrons. The molecular weight excluding hydrogens is 445 g/mol. The molecule has 3 atom stereocenters. The maximum atomic E-state index is 13.6. The highest BCUT2D eigenvalue weighted by Gasteiger charge is 2.40. The summed E-state index contributed by atoms with van der Waals surface area (Å²) in [6.45, 7) is 11.2. The largest absolute Gasteiger partial charge is 0.356 e. The normalized spacial score (nSPS) is 24.3. The molecule has 2 aliphatic rings. The molecule has 4 heterocycles. The van der Waals surface area contributed by atoms with Gasteiger partial charge in [0.1, 0.15) is 16.9 Å². The average molecular weight is 482 g/mol. The van der Waals surface area contributed by atoms with Crippen molar-refractivity contribution in [3.8, 4) is 0 Å². The lowest BCUT2D eigenvalue weighted by Gasteiger charge is -2.51. The van der Waals surface area contributed by atoms with Crippen molar-refractivity contribution in [2.75, 3.05) is 24.6 Å². The molecule has 2 aromatic heterocycles. The Kier molecular flexibility index (Phi) is 6.21. The van der Waals surface area contributed by atoms with Crippen molar-refractivity contribution in [2.24, 2.45) is 7.05 Å². The number of aryl methyl sites for hydroxylation is 1. The van der Waals surface area contributed by atoms with Crippen LogP contribution in [0.2, 0.25) is 0 Å². The zero-order chi connectivity index (χ0) is 24.9. The summed E-state index contributed by atoms with van der Waals surface area (Å²) in [6, 6.07) is 10.6. The fraction of sp³-hybridized carbons (Fsp3) is 0.556. The maximum Gasteiger partial charge on any atom is 0.250 e. The predicted octanol–water partition coefficient (Wildman–Crippen LogP) is 4.41. The first-order chi connectivity index (χ1) is 16.7. The number of hydrogen-bond acceptors (Lipinski definition) is 5. The Labute approximate surface area is 206 Å². The molecule has 2 aliphatic heterocycles. The number of aromatic nitrogens is 3. The molecule has 0 spiro atoms. The number of nitrogens with zero attached hydrogens (tertiary/aromatic N) is 5. The zero-order valence-corrected chi connectivity index (χ0v) is 21.4. The van der Waals surface area contributed by atoms with Gasteiger partial charge in [-0.05, 0) is 70.7 Å². The molecule has 5 rings (SSSR count). The van der Waals surface area contributed by atoms with Crippen LogP contribution < -0.4 is 10.5 Å². The summed E-state index contributed by atoms with van der Waals surface area (Å²) >= 11 is 0. The summed E-state index contributed by atoms with van der Waals surface area (Å²) in [5.41, 5.74) is 2.47. The number of rotatable bonds is 4. The van der Waals surface area contributed by atoms with Crippen LogP contribution in [-0.2, 0) is 17.3 Å². The molecule has 8 heteroatoms. The molecule has 3 aromatic rings. The van der Waals surface area contributed by atoms with Gasteiger partial charge in [-0.15, -0.1) is 0 Å². The summed E-state index contributed by atoms with van der Waals surface area (Å²) in [4.78, 5) is 17.5. The third kappa shape index (κ3) is 4.16. The predicted molar refractivity (Wildman–Crippen MR) is 136 cm³/mol. The van der Waals surface area contributed by atoms with Gasteiger partial charge in [0.05, 0.1) is 0 Å². The highest BCUT2D eigenvalue weighted by Crippen LogP contribution is 2.38. The Balaban J connectivity index is 1.54. The molecule has 2 saturated heterocycles. The molecule has 0 N–H and O–H groups in total. The van der Waals surface area contributed by atoms with Gasteiger partial charge >= 0.3 is 0 Å². The van der Waals surface area contributed by atoms with Crippen LogP contribution in [0.4, 0.5) is 10.2 Å². The third-order valence-corrected chi connectivity index (χ3v) is 7.89. The van der Waals surface area contributed by atoms with E-state index in [0.29, 0.717) is 0 Å². The number of benzene rings is 1. The van der Waals surface area contributed by atoms with E-state index in [9.17, 15) is 9.18 Å². The Hall–Kier alpha value is -2.71. The summed E-state index contributed by atoms with van der Waals surface area (Å²) in [6.07, 6.45) is 2.95. The molecule has 35 heavy (non-hydrogen) atoms. The van der Waals surface area contributed by atoms with E-state index < -0.39 is 0 Å². The average Bonchev–Trinajstić information content (AvgIpc) is 3.23. The summed E-state index contributed by atoms with van der Waals surface area (Å²) in [5.74, 6) is 0.747. The molecular formula is C27H36FN5O2. The van der Waals surface area contributed by atoms with Crippen LogP contribution in [0.1, 0.15) is 58.7 Å². The Morgan fingerprint density at radius 2 is 1.77 bits per heavy atom. The Morgan fingerprint density at radius 3 is 2.46 bits per heavy atom. The zero-order valence-electron chi connectivity index (χ0n) is 21.4. The Morgan fingerprint density at radius 1 is 1.03 bits per heavy atom. The SMILES string of the molecule is C[C@@H]1CN(c2c3c(ccc(=O)n3C)nn2C2CCCCO2)[C@@H](C)CN1C(C)(C)c1ccc(F)cc1. The van der Waals surface area contributed by atoms with Crippen LogP contribution in [-0.4, -0.2) is 51.0 Å². The van der Waals surface area contributed by atoms with E-state index >= 15 is 0 Å². The van der Waals surface area contributed by atoms with E-state index in [0.717, 1.165) is 61.4 Å². The van der Waals surface area contributed by atoms with Gasteiger partial charge in [-0.25, -0.2) is 9.07 Å². The fourth-order valence-electron chi connectivity index (χ4n) is 5.85. The van der Waals surface area contributed by atoms with Crippen molar-refractivity contribution in [1.82, 2.24) is 19.2 Å². The number of pyridine rings is 1. The van der Waals surface area contributed by atoms with Gasteiger partial charge in [-0.3, -0.25) is 9.69 Å². The monoisotopic (exact) mass is 481 g/mol. The maximum absolute atomic E-state index is 13.6. The Bertz CT molecular complexity index is 1260. The molecule has 0 radical (unpaired) electrons. The second kappa shape index (κ2) is 9.06. The standard InChI is InChI=1S/C27H36FN5O2/c1-18-17-32(27(3,4)20-9-11-21(28)12-10-20)19(2)16-31(18)26-25-22(13-14-23(34)30(25)5)29-33(26)24-8-6-7-15-35-24/h9-14,18-19,24H,6-8,15-17H2,1-5H3/t18-,19+,24?/m0/s1. The molecule has 1 unspecified atom stereocenters. The van der Waals surface area contributed by atoms with Crippen LogP contribution >= 0.6 is 0 Å². The lowest BCUT2D eigenvalue weighted by Crippen LogP contribution is -2.61. The van der Waals surface area contributed by atoms with Crippen molar-refractivity contribution < 1.29 is 9.13 Å².